The van der Waals surface area contributed by atoms with Crippen LogP contribution in [0.5, 0.6) is 5.88 Å². The van der Waals surface area contributed by atoms with Gasteiger partial charge in [-0.2, -0.15) is 9.50 Å². The monoisotopic (exact) mass is 414 g/mol. The van der Waals surface area contributed by atoms with E-state index >= 15 is 0 Å². The zero-order valence-electron chi connectivity index (χ0n) is 15.8. The lowest BCUT2D eigenvalue weighted by atomic mass is 9.90. The van der Waals surface area contributed by atoms with Gasteiger partial charge in [0, 0.05) is 18.0 Å². The van der Waals surface area contributed by atoms with Crippen molar-refractivity contribution >= 4 is 27.6 Å². The van der Waals surface area contributed by atoms with Crippen LogP contribution in [0.25, 0.3) is 16.5 Å². The molecule has 0 saturated carbocycles. The number of hydrogen-bond donors (Lipinski definition) is 1. The van der Waals surface area contributed by atoms with Crippen molar-refractivity contribution in [2.75, 3.05) is 13.1 Å². The summed E-state index contributed by atoms with van der Waals surface area (Å²) >= 11 is 3.24. The summed E-state index contributed by atoms with van der Waals surface area (Å²) in [6.45, 7) is 6.67. The van der Waals surface area contributed by atoms with Gasteiger partial charge in [0.05, 0.1) is 17.2 Å². The average molecular weight is 415 g/mol. The van der Waals surface area contributed by atoms with Gasteiger partial charge in [0.25, 0.3) is 0 Å². The smallest absolute Gasteiger partial charge is 0.230 e. The second-order valence-electron chi connectivity index (χ2n) is 7.71. The van der Waals surface area contributed by atoms with Gasteiger partial charge >= 0.3 is 0 Å². The predicted octanol–water partition coefficient (Wildman–Crippen LogP) is 4.89. The zero-order valence-corrected chi connectivity index (χ0v) is 17.4. The number of aromatic nitrogens is 3. The van der Waals surface area contributed by atoms with Crippen LogP contribution in [0.2, 0.25) is 0 Å². The Kier molecular flexibility index (Phi) is 4.49. The first-order valence-corrected chi connectivity index (χ1v) is 11.2. The Bertz CT molecular complexity index is 1060. The van der Waals surface area contributed by atoms with E-state index in [1.807, 2.05) is 6.07 Å². The van der Waals surface area contributed by atoms with Crippen molar-refractivity contribution in [3.63, 3.8) is 0 Å². The Labute approximate surface area is 171 Å². The summed E-state index contributed by atoms with van der Waals surface area (Å²) < 4.78 is 6.93. The van der Waals surface area contributed by atoms with E-state index < -0.39 is 0 Å². The molecule has 4 aromatic heterocycles. The van der Waals surface area contributed by atoms with Crippen LogP contribution in [0.3, 0.4) is 0 Å². The van der Waals surface area contributed by atoms with E-state index in [2.05, 4.69) is 46.3 Å². The third kappa shape index (κ3) is 3.05. The van der Waals surface area contributed by atoms with Crippen LogP contribution in [-0.4, -0.2) is 37.7 Å². The molecule has 0 radical (unpaired) electrons. The summed E-state index contributed by atoms with van der Waals surface area (Å²) in [5.41, 5.74) is 0. The minimum absolute atomic E-state index is 0.0331. The van der Waals surface area contributed by atoms with Gasteiger partial charge in [0.1, 0.15) is 0 Å². The molecule has 6 nitrogen and oxygen atoms in total. The normalized spacial score (nSPS) is 22.1. The summed E-state index contributed by atoms with van der Waals surface area (Å²) in [5, 5.41) is 17.6. The number of furan rings is 1. The molecule has 1 aliphatic heterocycles. The fraction of sp³-hybridized carbons (Fsp3) is 0.400. The lowest BCUT2D eigenvalue weighted by molar-refractivity contribution is 0.113. The van der Waals surface area contributed by atoms with Crippen LogP contribution in [0, 0.1) is 11.8 Å². The summed E-state index contributed by atoms with van der Waals surface area (Å²) in [6, 6.07) is 7.89. The second kappa shape index (κ2) is 7.02. The Morgan fingerprint density at radius 3 is 2.68 bits per heavy atom. The molecule has 1 N–H and O–H groups in total. The fourth-order valence-electron chi connectivity index (χ4n) is 4.28. The molecule has 4 aromatic rings. The molecular weight excluding hydrogens is 392 g/mol. The molecule has 5 heterocycles. The first-order chi connectivity index (χ1) is 13.6. The molecule has 1 fully saturated rings. The maximum Gasteiger partial charge on any atom is 0.230 e. The third-order valence-electron chi connectivity index (χ3n) is 5.26. The maximum atomic E-state index is 11.1. The highest BCUT2D eigenvalue weighted by molar-refractivity contribution is 7.17. The second-order valence-corrected chi connectivity index (χ2v) is 9.70. The third-order valence-corrected chi connectivity index (χ3v) is 7.26. The summed E-state index contributed by atoms with van der Waals surface area (Å²) in [7, 11) is 0. The van der Waals surface area contributed by atoms with Crippen LogP contribution < -0.4 is 0 Å². The Balaban J connectivity index is 1.58. The molecular formula is C20H22N4O2S2. The molecule has 0 amide bonds. The van der Waals surface area contributed by atoms with Crippen molar-refractivity contribution in [2.45, 2.75) is 26.3 Å². The first kappa shape index (κ1) is 17.9. The number of likely N-dealkylation sites (tertiary alicyclic amines) is 1. The van der Waals surface area contributed by atoms with E-state index in [-0.39, 0.29) is 11.9 Å². The van der Waals surface area contributed by atoms with Gasteiger partial charge in [-0.05, 0) is 41.8 Å². The molecule has 146 valence electrons. The number of fused-ring (bicyclic) bond motifs is 1. The molecule has 0 aromatic carbocycles. The van der Waals surface area contributed by atoms with Crippen LogP contribution in [0.1, 0.15) is 36.1 Å². The predicted molar refractivity (Wildman–Crippen MR) is 111 cm³/mol. The van der Waals surface area contributed by atoms with Gasteiger partial charge in [-0.1, -0.05) is 31.3 Å². The van der Waals surface area contributed by atoms with Gasteiger partial charge in [0.15, 0.2) is 5.76 Å². The van der Waals surface area contributed by atoms with Gasteiger partial charge in [0.2, 0.25) is 16.7 Å². The Hall–Kier alpha value is -2.16. The van der Waals surface area contributed by atoms with E-state index in [1.54, 1.807) is 23.7 Å². The van der Waals surface area contributed by atoms with Crippen molar-refractivity contribution in [1.29, 1.82) is 0 Å². The van der Waals surface area contributed by atoms with Gasteiger partial charge in [-0.25, -0.2) is 0 Å². The highest BCUT2D eigenvalue weighted by Gasteiger charge is 2.34. The number of thiazole rings is 1. The largest absolute Gasteiger partial charge is 0.492 e. The topological polar surface area (TPSA) is 66.8 Å². The lowest BCUT2D eigenvalue weighted by Crippen LogP contribution is -2.41. The highest BCUT2D eigenvalue weighted by atomic mass is 32.1. The number of hydrogen-bond acceptors (Lipinski definition) is 7. The lowest BCUT2D eigenvalue weighted by Gasteiger charge is -2.39. The molecule has 0 aliphatic carbocycles. The van der Waals surface area contributed by atoms with E-state index in [4.69, 9.17) is 4.42 Å². The number of nitrogens with zero attached hydrogens (tertiary/aromatic N) is 4. The molecule has 0 bridgehead atoms. The maximum absolute atomic E-state index is 11.1. The molecule has 1 aliphatic rings. The van der Waals surface area contributed by atoms with Crippen molar-refractivity contribution in [1.82, 2.24) is 19.5 Å². The highest BCUT2D eigenvalue weighted by Crippen LogP contribution is 2.43. The van der Waals surface area contributed by atoms with Crippen LogP contribution in [0.15, 0.2) is 40.3 Å². The van der Waals surface area contributed by atoms with Crippen LogP contribution in [0.4, 0.5) is 0 Å². The molecule has 1 saturated heterocycles. The van der Waals surface area contributed by atoms with Crippen LogP contribution >= 0.6 is 22.7 Å². The van der Waals surface area contributed by atoms with E-state index in [0.29, 0.717) is 28.4 Å². The van der Waals surface area contributed by atoms with E-state index in [1.165, 1.54) is 27.2 Å². The van der Waals surface area contributed by atoms with E-state index in [9.17, 15) is 5.11 Å². The molecule has 8 heteroatoms. The Morgan fingerprint density at radius 1 is 1.21 bits per heavy atom. The SMILES string of the molecule is C[C@@H]1C[C@@H](C)CN([C@H](c2cccs2)c2sc3nc(-c4ccco4)nn3c2O)C1. The summed E-state index contributed by atoms with van der Waals surface area (Å²) in [4.78, 5) is 9.91. The quantitative estimate of drug-likeness (QED) is 0.515. The average Bonchev–Trinajstić information content (AvgIpc) is 3.41. The van der Waals surface area contributed by atoms with Gasteiger partial charge in [-0.15, -0.1) is 16.4 Å². The Morgan fingerprint density at radius 2 is 2.04 bits per heavy atom. The number of rotatable bonds is 4. The van der Waals surface area contributed by atoms with Gasteiger partial charge in [-0.3, -0.25) is 4.90 Å². The first-order valence-electron chi connectivity index (χ1n) is 9.50. The number of piperidine rings is 1. The number of aromatic hydroxyl groups is 1. The van der Waals surface area contributed by atoms with Gasteiger partial charge < -0.3 is 9.52 Å². The van der Waals surface area contributed by atoms with Crippen molar-refractivity contribution in [3.05, 3.63) is 45.7 Å². The number of thiophene rings is 1. The summed E-state index contributed by atoms with van der Waals surface area (Å²) in [6.07, 6.45) is 2.85. The molecule has 0 spiro atoms. The van der Waals surface area contributed by atoms with Crippen molar-refractivity contribution in [3.8, 4) is 17.5 Å². The molecule has 0 unspecified atom stereocenters. The van der Waals surface area contributed by atoms with E-state index in [0.717, 1.165) is 18.0 Å². The molecule has 28 heavy (non-hydrogen) atoms. The minimum atomic E-state index is 0.0331. The zero-order chi connectivity index (χ0) is 19.3. The van der Waals surface area contributed by atoms with Crippen LogP contribution in [-0.2, 0) is 0 Å². The van der Waals surface area contributed by atoms with Crippen molar-refractivity contribution < 1.29 is 9.52 Å². The minimum Gasteiger partial charge on any atom is -0.492 e. The fourth-order valence-corrected chi connectivity index (χ4v) is 6.33. The standard InChI is InChI=1S/C20H22N4O2S2/c1-12-9-13(2)11-23(10-12)16(15-6-4-8-27-15)17-19(25)24-20(28-17)21-18(22-24)14-5-3-7-26-14/h3-8,12-13,16,25H,9-11H2,1-2H3/t12-,13-,16-/m1/s1. The molecule has 5 rings (SSSR count). The molecule has 3 atom stereocenters. The summed E-state index contributed by atoms with van der Waals surface area (Å²) in [5.74, 6) is 2.55. The van der Waals surface area contributed by atoms with Crippen molar-refractivity contribution in [2.24, 2.45) is 11.8 Å².